The first kappa shape index (κ1) is 12.0. The van der Waals surface area contributed by atoms with E-state index in [2.05, 4.69) is 20.2 Å². The first-order valence-corrected chi connectivity index (χ1v) is 6.30. The summed E-state index contributed by atoms with van der Waals surface area (Å²) in [6, 6.07) is 3.92. The van der Waals surface area contributed by atoms with Crippen LogP contribution in [0.4, 0.5) is 0 Å². The van der Waals surface area contributed by atoms with Gasteiger partial charge in [0.2, 0.25) is 0 Å². The van der Waals surface area contributed by atoms with E-state index in [9.17, 15) is 0 Å². The molecule has 0 atom stereocenters. The van der Waals surface area contributed by atoms with Crippen molar-refractivity contribution >= 4 is 17.2 Å². The standard InChI is InChI=1S/C13H12ClN5/c1-8-9(2)19-11(6-10-4-3-5-15-7-10)17-18-13(19)12(14)16-8/h3-5,7H,6H2,1-2H3. The summed E-state index contributed by atoms with van der Waals surface area (Å²) >= 11 is 6.10. The first-order chi connectivity index (χ1) is 9.16. The summed E-state index contributed by atoms with van der Waals surface area (Å²) in [7, 11) is 0. The molecule has 0 bridgehead atoms. The third-order valence-corrected chi connectivity index (χ3v) is 3.38. The van der Waals surface area contributed by atoms with Gasteiger partial charge in [0.15, 0.2) is 10.8 Å². The molecule has 96 valence electrons. The normalized spacial score (nSPS) is 11.1. The van der Waals surface area contributed by atoms with Crippen LogP contribution in [0.25, 0.3) is 5.65 Å². The molecule has 0 aliphatic carbocycles. The van der Waals surface area contributed by atoms with Crippen molar-refractivity contribution in [1.82, 2.24) is 24.6 Å². The van der Waals surface area contributed by atoms with E-state index in [1.807, 2.05) is 36.6 Å². The van der Waals surface area contributed by atoms with Crippen molar-refractivity contribution < 1.29 is 0 Å². The largest absolute Gasteiger partial charge is 0.279 e. The molecule has 0 saturated heterocycles. The highest BCUT2D eigenvalue weighted by atomic mass is 35.5. The molecule has 0 fully saturated rings. The fraction of sp³-hybridized carbons (Fsp3) is 0.231. The average molecular weight is 274 g/mol. The summed E-state index contributed by atoms with van der Waals surface area (Å²) in [6.45, 7) is 3.91. The highest BCUT2D eigenvalue weighted by Crippen LogP contribution is 2.19. The number of aromatic nitrogens is 5. The molecule has 0 aliphatic heterocycles. The number of rotatable bonds is 2. The molecule has 0 N–H and O–H groups in total. The lowest BCUT2D eigenvalue weighted by Gasteiger charge is -2.07. The molecule has 19 heavy (non-hydrogen) atoms. The minimum absolute atomic E-state index is 0.382. The van der Waals surface area contributed by atoms with Crippen LogP contribution in [0.2, 0.25) is 5.15 Å². The van der Waals surface area contributed by atoms with Gasteiger partial charge in [-0.3, -0.25) is 9.38 Å². The van der Waals surface area contributed by atoms with Gasteiger partial charge < -0.3 is 0 Å². The molecule has 0 unspecified atom stereocenters. The van der Waals surface area contributed by atoms with E-state index in [-0.39, 0.29) is 0 Å². The van der Waals surface area contributed by atoms with Gasteiger partial charge in [0.1, 0.15) is 5.82 Å². The Balaban J connectivity index is 2.15. The van der Waals surface area contributed by atoms with Crippen LogP contribution >= 0.6 is 11.6 Å². The molecular formula is C13H12ClN5. The number of pyridine rings is 1. The van der Waals surface area contributed by atoms with Crippen LogP contribution in [0.15, 0.2) is 24.5 Å². The quantitative estimate of drug-likeness (QED) is 0.719. The fourth-order valence-electron chi connectivity index (χ4n) is 2.04. The van der Waals surface area contributed by atoms with Crippen molar-refractivity contribution in [3.63, 3.8) is 0 Å². The van der Waals surface area contributed by atoms with E-state index in [1.54, 1.807) is 6.20 Å². The third-order valence-electron chi connectivity index (χ3n) is 3.12. The molecule has 0 spiro atoms. The van der Waals surface area contributed by atoms with Gasteiger partial charge in [-0.05, 0) is 25.5 Å². The van der Waals surface area contributed by atoms with Crippen molar-refractivity contribution in [1.29, 1.82) is 0 Å². The molecule has 0 aliphatic rings. The third kappa shape index (κ3) is 2.06. The van der Waals surface area contributed by atoms with Crippen molar-refractivity contribution in [3.8, 4) is 0 Å². The number of aryl methyl sites for hydroxylation is 2. The first-order valence-electron chi connectivity index (χ1n) is 5.92. The second kappa shape index (κ2) is 4.59. The van der Waals surface area contributed by atoms with E-state index in [1.165, 1.54) is 0 Å². The Morgan fingerprint density at radius 3 is 2.84 bits per heavy atom. The highest BCUT2D eigenvalue weighted by Gasteiger charge is 2.14. The van der Waals surface area contributed by atoms with E-state index in [0.717, 1.165) is 22.8 Å². The Morgan fingerprint density at radius 2 is 2.11 bits per heavy atom. The zero-order chi connectivity index (χ0) is 13.4. The summed E-state index contributed by atoms with van der Waals surface area (Å²) in [5.74, 6) is 0.841. The molecular weight excluding hydrogens is 262 g/mol. The Labute approximate surface area is 115 Å². The van der Waals surface area contributed by atoms with Gasteiger partial charge in [0, 0.05) is 24.5 Å². The molecule has 3 rings (SSSR count). The van der Waals surface area contributed by atoms with Crippen LogP contribution in [0.3, 0.4) is 0 Å². The van der Waals surface area contributed by atoms with E-state index < -0.39 is 0 Å². The number of fused-ring (bicyclic) bond motifs is 1. The van der Waals surface area contributed by atoms with Crippen LogP contribution in [0.1, 0.15) is 22.8 Å². The van der Waals surface area contributed by atoms with Crippen LogP contribution in [-0.2, 0) is 6.42 Å². The van der Waals surface area contributed by atoms with E-state index >= 15 is 0 Å². The van der Waals surface area contributed by atoms with Crippen molar-refractivity contribution in [2.45, 2.75) is 20.3 Å². The molecule has 3 aromatic rings. The summed E-state index contributed by atoms with van der Waals surface area (Å²) in [4.78, 5) is 8.36. The predicted molar refractivity (Wildman–Crippen MR) is 72.3 cm³/mol. The molecule has 3 aromatic heterocycles. The molecule has 0 radical (unpaired) electrons. The Kier molecular flexibility index (Phi) is 2.91. The van der Waals surface area contributed by atoms with Gasteiger partial charge in [-0.25, -0.2) is 4.98 Å². The molecule has 0 aromatic carbocycles. The fourth-order valence-corrected chi connectivity index (χ4v) is 2.29. The zero-order valence-corrected chi connectivity index (χ0v) is 11.4. The van der Waals surface area contributed by atoms with Crippen molar-refractivity contribution in [2.75, 3.05) is 0 Å². The SMILES string of the molecule is Cc1nc(Cl)c2nnc(Cc3cccnc3)n2c1C. The summed E-state index contributed by atoms with van der Waals surface area (Å²) < 4.78 is 1.96. The smallest absolute Gasteiger partial charge is 0.198 e. The summed E-state index contributed by atoms with van der Waals surface area (Å²) in [5, 5.41) is 8.71. The number of hydrogen-bond donors (Lipinski definition) is 0. The maximum absolute atomic E-state index is 6.10. The Hall–Kier alpha value is -2.01. The minimum atomic E-state index is 0.382. The second-order valence-corrected chi connectivity index (χ2v) is 4.74. The predicted octanol–water partition coefficient (Wildman–Crippen LogP) is 2.38. The maximum atomic E-state index is 6.10. The molecule has 0 saturated carbocycles. The van der Waals surface area contributed by atoms with Crippen LogP contribution < -0.4 is 0 Å². The van der Waals surface area contributed by atoms with Crippen LogP contribution in [0, 0.1) is 13.8 Å². The second-order valence-electron chi connectivity index (χ2n) is 4.39. The average Bonchev–Trinajstić information content (AvgIpc) is 2.82. The lowest BCUT2D eigenvalue weighted by atomic mass is 10.2. The van der Waals surface area contributed by atoms with E-state index in [4.69, 9.17) is 11.6 Å². The van der Waals surface area contributed by atoms with E-state index in [0.29, 0.717) is 17.2 Å². The lowest BCUT2D eigenvalue weighted by molar-refractivity contribution is 0.893. The molecule has 5 nitrogen and oxygen atoms in total. The topological polar surface area (TPSA) is 56.0 Å². The minimum Gasteiger partial charge on any atom is -0.279 e. The number of hydrogen-bond acceptors (Lipinski definition) is 4. The van der Waals surface area contributed by atoms with Crippen molar-refractivity contribution in [3.05, 3.63) is 52.5 Å². The van der Waals surface area contributed by atoms with Gasteiger partial charge in [-0.15, -0.1) is 10.2 Å². The summed E-state index contributed by atoms with van der Waals surface area (Å²) in [5.41, 5.74) is 3.57. The van der Waals surface area contributed by atoms with Crippen LogP contribution in [-0.4, -0.2) is 24.6 Å². The number of nitrogens with zero attached hydrogens (tertiary/aromatic N) is 5. The Morgan fingerprint density at radius 1 is 1.26 bits per heavy atom. The van der Waals surface area contributed by atoms with Gasteiger partial charge in [-0.2, -0.15) is 0 Å². The van der Waals surface area contributed by atoms with Crippen LogP contribution in [0.5, 0.6) is 0 Å². The summed E-state index contributed by atoms with van der Waals surface area (Å²) in [6.07, 6.45) is 4.24. The monoisotopic (exact) mass is 273 g/mol. The lowest BCUT2D eigenvalue weighted by Crippen LogP contribution is -2.04. The molecule has 3 heterocycles. The Bertz CT molecular complexity index is 736. The number of halogens is 1. The maximum Gasteiger partial charge on any atom is 0.198 e. The zero-order valence-electron chi connectivity index (χ0n) is 10.6. The van der Waals surface area contributed by atoms with Crippen molar-refractivity contribution in [2.24, 2.45) is 0 Å². The molecule has 6 heteroatoms. The van der Waals surface area contributed by atoms with Gasteiger partial charge in [0.05, 0.1) is 5.69 Å². The highest BCUT2D eigenvalue weighted by molar-refractivity contribution is 6.32. The van der Waals surface area contributed by atoms with Gasteiger partial charge >= 0.3 is 0 Å². The van der Waals surface area contributed by atoms with Gasteiger partial charge in [0.25, 0.3) is 0 Å². The van der Waals surface area contributed by atoms with Gasteiger partial charge in [-0.1, -0.05) is 17.7 Å². The molecule has 0 amide bonds.